The molecule has 0 unspecified atom stereocenters. The molecule has 6 nitrogen and oxygen atoms in total. The van der Waals surface area contributed by atoms with E-state index in [1.54, 1.807) is 0 Å². The first kappa shape index (κ1) is 31.5. The van der Waals surface area contributed by atoms with Gasteiger partial charge in [0.1, 0.15) is 11.2 Å². The third-order valence-corrected chi connectivity index (χ3v) is 11.2. The van der Waals surface area contributed by atoms with Gasteiger partial charge in [0.25, 0.3) is 0 Å². The number of benzene rings is 8. The van der Waals surface area contributed by atoms with E-state index in [0.717, 1.165) is 72.1 Å². The summed E-state index contributed by atoms with van der Waals surface area (Å²) in [5.74, 6) is 1.91. The summed E-state index contributed by atoms with van der Waals surface area (Å²) in [5.41, 5.74) is 11.3. The summed E-state index contributed by atoms with van der Waals surface area (Å²) in [4.78, 5) is 14.9. The second kappa shape index (κ2) is 12.3. The van der Waals surface area contributed by atoms with Crippen LogP contribution >= 0.6 is 0 Å². The SMILES string of the molecule is c1ccc(-c2nc(-c3ccccc3)nc(-c3ccc(-n4c5ccccc5c5ccc6c7c8c(ccc7n(-c7ccccc7)c6c54)oc4ccccc48)cc3)n2)cc1. The Hall–Kier alpha value is -7.83. The highest BCUT2D eigenvalue weighted by atomic mass is 16.3. The van der Waals surface area contributed by atoms with Gasteiger partial charge in [-0.2, -0.15) is 0 Å². The lowest BCUT2D eigenvalue weighted by atomic mass is 10.0. The predicted octanol–water partition coefficient (Wildman–Crippen LogP) is 13.0. The molecule has 0 aliphatic heterocycles. The van der Waals surface area contributed by atoms with Gasteiger partial charge in [-0.25, -0.2) is 15.0 Å². The fraction of sp³-hybridized carbons (Fsp3) is 0. The van der Waals surface area contributed by atoms with Gasteiger partial charge in [-0.05, 0) is 60.7 Å². The van der Waals surface area contributed by atoms with Crippen LogP contribution < -0.4 is 0 Å². The molecule has 266 valence electrons. The molecule has 0 bridgehead atoms. The normalized spacial score (nSPS) is 11.9. The molecular weight excluding hydrogens is 699 g/mol. The van der Waals surface area contributed by atoms with Gasteiger partial charge < -0.3 is 13.6 Å². The van der Waals surface area contributed by atoms with E-state index in [1.807, 2.05) is 66.7 Å². The Morgan fingerprint density at radius 2 is 0.825 bits per heavy atom. The topological polar surface area (TPSA) is 61.7 Å². The molecule has 0 saturated heterocycles. The van der Waals surface area contributed by atoms with Crippen molar-refractivity contribution in [3.8, 4) is 45.5 Å². The Morgan fingerprint density at radius 1 is 0.316 bits per heavy atom. The standard InChI is InChI=1S/C51H31N5O/c1-4-14-32(15-5-1)49-52-50(33-16-6-2-7-17-33)54-51(53-49)34-24-26-36(27-25-34)55-41-22-12-10-20-37(41)38-28-29-40-45-42(56(48(40)47(38)55)35-18-8-3-9-19-35)30-31-44-46(45)39-21-11-13-23-43(39)57-44/h1-31H. The maximum atomic E-state index is 6.44. The van der Waals surface area contributed by atoms with Crippen molar-refractivity contribution < 1.29 is 4.42 Å². The molecule has 12 aromatic rings. The minimum atomic E-state index is 0.624. The molecule has 12 rings (SSSR count). The van der Waals surface area contributed by atoms with E-state index in [0.29, 0.717) is 17.5 Å². The second-order valence-electron chi connectivity index (χ2n) is 14.4. The highest BCUT2D eigenvalue weighted by Gasteiger charge is 2.24. The highest BCUT2D eigenvalue weighted by molar-refractivity contribution is 6.31. The molecule has 4 aromatic heterocycles. The lowest BCUT2D eigenvalue weighted by Crippen LogP contribution is -2.01. The van der Waals surface area contributed by atoms with Gasteiger partial charge in [-0.3, -0.25) is 0 Å². The maximum absolute atomic E-state index is 6.44. The number of hydrogen-bond donors (Lipinski definition) is 0. The fourth-order valence-electron chi connectivity index (χ4n) is 8.66. The summed E-state index contributed by atoms with van der Waals surface area (Å²) in [7, 11) is 0. The molecule has 0 spiro atoms. The molecule has 8 aromatic carbocycles. The van der Waals surface area contributed by atoms with E-state index in [-0.39, 0.29) is 0 Å². The molecule has 0 saturated carbocycles. The third-order valence-electron chi connectivity index (χ3n) is 11.2. The molecule has 0 fully saturated rings. The zero-order valence-electron chi connectivity index (χ0n) is 30.5. The van der Waals surface area contributed by atoms with Crippen molar-refractivity contribution in [1.82, 2.24) is 24.1 Å². The van der Waals surface area contributed by atoms with Crippen molar-refractivity contribution >= 4 is 65.6 Å². The average Bonchev–Trinajstić information content (AvgIpc) is 3.95. The summed E-state index contributed by atoms with van der Waals surface area (Å²) in [6.07, 6.45) is 0. The van der Waals surface area contributed by atoms with Gasteiger partial charge in [-0.1, -0.05) is 127 Å². The Kier molecular flexibility index (Phi) is 6.83. The van der Waals surface area contributed by atoms with Gasteiger partial charge in [0, 0.05) is 60.4 Å². The summed E-state index contributed by atoms with van der Waals surface area (Å²) < 4.78 is 11.3. The van der Waals surface area contributed by atoms with E-state index in [1.165, 1.54) is 21.5 Å². The molecule has 4 heterocycles. The summed E-state index contributed by atoms with van der Waals surface area (Å²) >= 11 is 0. The fourth-order valence-corrected chi connectivity index (χ4v) is 8.66. The highest BCUT2D eigenvalue weighted by Crippen LogP contribution is 2.45. The number of aromatic nitrogens is 5. The Labute approximate surface area is 326 Å². The van der Waals surface area contributed by atoms with Crippen molar-refractivity contribution in [1.29, 1.82) is 0 Å². The first-order valence-corrected chi connectivity index (χ1v) is 19.1. The first-order valence-electron chi connectivity index (χ1n) is 19.1. The molecule has 0 aliphatic rings. The van der Waals surface area contributed by atoms with Gasteiger partial charge >= 0.3 is 0 Å². The molecule has 0 aliphatic carbocycles. The van der Waals surface area contributed by atoms with E-state index in [9.17, 15) is 0 Å². The zero-order valence-corrected chi connectivity index (χ0v) is 30.5. The van der Waals surface area contributed by atoms with E-state index in [4.69, 9.17) is 19.4 Å². The number of fused-ring (bicyclic) bond motifs is 11. The molecule has 0 radical (unpaired) electrons. The molecule has 0 atom stereocenters. The van der Waals surface area contributed by atoms with Crippen LogP contribution in [0.25, 0.3) is 111 Å². The van der Waals surface area contributed by atoms with Crippen molar-refractivity contribution in [2.24, 2.45) is 0 Å². The van der Waals surface area contributed by atoms with Crippen LogP contribution in [0, 0.1) is 0 Å². The van der Waals surface area contributed by atoms with Crippen LogP contribution in [0.2, 0.25) is 0 Å². The van der Waals surface area contributed by atoms with E-state index >= 15 is 0 Å². The van der Waals surface area contributed by atoms with Crippen molar-refractivity contribution in [3.63, 3.8) is 0 Å². The summed E-state index contributed by atoms with van der Waals surface area (Å²) in [5, 5.41) is 6.99. The van der Waals surface area contributed by atoms with Crippen LogP contribution in [0.4, 0.5) is 0 Å². The van der Waals surface area contributed by atoms with Crippen molar-refractivity contribution in [3.05, 3.63) is 188 Å². The van der Waals surface area contributed by atoms with Gasteiger partial charge in [0.2, 0.25) is 0 Å². The number of furan rings is 1. The third kappa shape index (κ3) is 4.81. The Balaban J connectivity index is 1.13. The largest absolute Gasteiger partial charge is 0.456 e. The predicted molar refractivity (Wildman–Crippen MR) is 232 cm³/mol. The number of rotatable bonds is 5. The van der Waals surface area contributed by atoms with Gasteiger partial charge in [0.15, 0.2) is 17.5 Å². The monoisotopic (exact) mass is 729 g/mol. The molecular formula is C51H31N5O. The molecule has 57 heavy (non-hydrogen) atoms. The van der Waals surface area contributed by atoms with Gasteiger partial charge in [0.05, 0.1) is 22.1 Å². The smallest absolute Gasteiger partial charge is 0.164 e. The number of para-hydroxylation sites is 3. The summed E-state index contributed by atoms with van der Waals surface area (Å²) in [6.45, 7) is 0. The molecule has 6 heteroatoms. The zero-order chi connectivity index (χ0) is 37.5. The van der Waals surface area contributed by atoms with Crippen molar-refractivity contribution in [2.75, 3.05) is 0 Å². The van der Waals surface area contributed by atoms with Crippen molar-refractivity contribution in [2.45, 2.75) is 0 Å². The minimum absolute atomic E-state index is 0.624. The lowest BCUT2D eigenvalue weighted by molar-refractivity contribution is 0.669. The average molecular weight is 730 g/mol. The molecule has 0 N–H and O–H groups in total. The Bertz CT molecular complexity index is 3430. The van der Waals surface area contributed by atoms with E-state index in [2.05, 4.69) is 130 Å². The maximum Gasteiger partial charge on any atom is 0.164 e. The van der Waals surface area contributed by atoms with Crippen LogP contribution in [0.5, 0.6) is 0 Å². The van der Waals surface area contributed by atoms with Crippen LogP contribution in [0.3, 0.4) is 0 Å². The number of hydrogen-bond acceptors (Lipinski definition) is 4. The van der Waals surface area contributed by atoms with Crippen LogP contribution in [-0.2, 0) is 0 Å². The lowest BCUT2D eigenvalue weighted by Gasteiger charge is -2.13. The van der Waals surface area contributed by atoms with E-state index < -0.39 is 0 Å². The van der Waals surface area contributed by atoms with Crippen LogP contribution in [-0.4, -0.2) is 24.1 Å². The molecule has 0 amide bonds. The first-order chi connectivity index (χ1) is 28.3. The Morgan fingerprint density at radius 3 is 1.51 bits per heavy atom. The minimum Gasteiger partial charge on any atom is -0.456 e. The quantitative estimate of drug-likeness (QED) is 0.177. The van der Waals surface area contributed by atoms with Gasteiger partial charge in [-0.15, -0.1) is 0 Å². The van der Waals surface area contributed by atoms with Crippen LogP contribution in [0.15, 0.2) is 192 Å². The summed E-state index contributed by atoms with van der Waals surface area (Å²) in [6, 6.07) is 65.5. The number of nitrogens with zero attached hydrogens (tertiary/aromatic N) is 5. The second-order valence-corrected chi connectivity index (χ2v) is 14.4. The van der Waals surface area contributed by atoms with Crippen LogP contribution in [0.1, 0.15) is 0 Å².